The quantitative estimate of drug-likeness (QED) is 0.946. The van der Waals surface area contributed by atoms with Crippen LogP contribution >= 0.6 is 0 Å². The summed E-state index contributed by atoms with van der Waals surface area (Å²) in [5.74, 6) is 1.91. The molecule has 0 unspecified atom stereocenters. The molecule has 0 spiro atoms. The van der Waals surface area contributed by atoms with Crippen molar-refractivity contribution in [3.05, 3.63) is 54.1 Å². The molecule has 1 saturated carbocycles. The van der Waals surface area contributed by atoms with Gasteiger partial charge in [-0.3, -0.25) is 4.79 Å². The van der Waals surface area contributed by atoms with Gasteiger partial charge in [-0.25, -0.2) is 0 Å². The molecule has 4 heteroatoms. The van der Waals surface area contributed by atoms with Crippen molar-refractivity contribution in [2.45, 2.75) is 12.3 Å². The Bertz CT molecular complexity index is 699. The van der Waals surface area contributed by atoms with E-state index < -0.39 is 0 Å². The highest BCUT2D eigenvalue weighted by molar-refractivity contribution is 5.95. The number of carbonyl (C=O) groups is 1. The molecule has 4 rings (SSSR count). The molecule has 0 bridgehead atoms. The molecule has 1 N–H and O–H groups in total. The lowest BCUT2D eigenvalue weighted by atomic mass is 10.1. The van der Waals surface area contributed by atoms with Crippen LogP contribution in [0.15, 0.2) is 48.5 Å². The number of carbonyl (C=O) groups excluding carboxylic acids is 1. The molecule has 2 aromatic rings. The normalized spacial score (nSPS) is 22.0. The van der Waals surface area contributed by atoms with Crippen LogP contribution < -0.4 is 14.8 Å². The third-order valence-corrected chi connectivity index (χ3v) is 4.16. The second kappa shape index (κ2) is 5.37. The van der Waals surface area contributed by atoms with Crippen LogP contribution in [0, 0.1) is 5.92 Å². The summed E-state index contributed by atoms with van der Waals surface area (Å²) >= 11 is 0. The second-order valence-corrected chi connectivity index (χ2v) is 5.71. The lowest BCUT2D eigenvalue weighted by Crippen LogP contribution is -2.17. The van der Waals surface area contributed by atoms with Crippen LogP contribution in [0.2, 0.25) is 0 Å². The Labute approximate surface area is 129 Å². The van der Waals surface area contributed by atoms with Crippen LogP contribution in [0.3, 0.4) is 0 Å². The molecule has 0 aromatic heterocycles. The third kappa shape index (κ3) is 2.52. The molecule has 22 heavy (non-hydrogen) atoms. The molecule has 1 aliphatic carbocycles. The van der Waals surface area contributed by atoms with E-state index in [4.69, 9.17) is 9.47 Å². The van der Waals surface area contributed by atoms with Gasteiger partial charge in [-0.1, -0.05) is 30.3 Å². The first-order valence-electron chi connectivity index (χ1n) is 7.57. The van der Waals surface area contributed by atoms with Crippen molar-refractivity contribution in [1.82, 2.24) is 0 Å². The van der Waals surface area contributed by atoms with Crippen LogP contribution in [0.25, 0.3) is 0 Å². The van der Waals surface area contributed by atoms with Crippen molar-refractivity contribution in [2.24, 2.45) is 5.92 Å². The molecule has 1 aliphatic heterocycles. The van der Waals surface area contributed by atoms with Crippen LogP contribution in [-0.2, 0) is 4.79 Å². The molecule has 4 nitrogen and oxygen atoms in total. The first-order valence-corrected chi connectivity index (χ1v) is 7.57. The minimum absolute atomic E-state index is 0.0654. The molecule has 0 radical (unpaired) electrons. The van der Waals surface area contributed by atoms with E-state index in [0.29, 0.717) is 24.9 Å². The maximum absolute atomic E-state index is 12.3. The summed E-state index contributed by atoms with van der Waals surface area (Å²) in [6.07, 6.45) is 0.917. The lowest BCUT2D eigenvalue weighted by molar-refractivity contribution is -0.117. The van der Waals surface area contributed by atoms with Gasteiger partial charge in [-0.15, -0.1) is 0 Å². The molecular formula is C18H17NO3. The molecule has 112 valence electrons. The predicted molar refractivity (Wildman–Crippen MR) is 83.4 cm³/mol. The van der Waals surface area contributed by atoms with Gasteiger partial charge >= 0.3 is 0 Å². The Morgan fingerprint density at radius 1 is 1.00 bits per heavy atom. The number of ether oxygens (including phenoxy) is 2. The van der Waals surface area contributed by atoms with Gasteiger partial charge in [0.2, 0.25) is 5.91 Å². The lowest BCUT2D eigenvalue weighted by Gasteiger charge is -2.19. The van der Waals surface area contributed by atoms with E-state index in [2.05, 4.69) is 17.4 Å². The van der Waals surface area contributed by atoms with Gasteiger partial charge in [0.1, 0.15) is 13.2 Å². The smallest absolute Gasteiger partial charge is 0.228 e. The Kier molecular flexibility index (Phi) is 3.22. The monoisotopic (exact) mass is 295 g/mol. The third-order valence-electron chi connectivity index (χ3n) is 4.16. The van der Waals surface area contributed by atoms with Gasteiger partial charge < -0.3 is 14.8 Å². The van der Waals surface area contributed by atoms with Crippen molar-refractivity contribution in [2.75, 3.05) is 18.5 Å². The molecule has 1 fully saturated rings. The zero-order valence-corrected chi connectivity index (χ0v) is 12.1. The zero-order chi connectivity index (χ0) is 14.9. The summed E-state index contributed by atoms with van der Waals surface area (Å²) in [4.78, 5) is 12.3. The molecule has 0 saturated heterocycles. The number of anilines is 1. The Morgan fingerprint density at radius 2 is 1.77 bits per heavy atom. The minimum Gasteiger partial charge on any atom is -0.486 e. The van der Waals surface area contributed by atoms with Crippen molar-refractivity contribution in [3.8, 4) is 11.5 Å². The maximum Gasteiger partial charge on any atom is 0.228 e. The summed E-state index contributed by atoms with van der Waals surface area (Å²) in [5, 5.41) is 2.98. The number of amides is 1. The van der Waals surface area contributed by atoms with Crippen molar-refractivity contribution in [1.29, 1.82) is 0 Å². The van der Waals surface area contributed by atoms with Gasteiger partial charge in [0, 0.05) is 17.7 Å². The van der Waals surface area contributed by atoms with E-state index in [1.54, 1.807) is 0 Å². The number of hydrogen-bond donors (Lipinski definition) is 1. The predicted octanol–water partition coefficient (Wildman–Crippen LogP) is 3.20. The molecule has 2 aliphatic rings. The van der Waals surface area contributed by atoms with E-state index >= 15 is 0 Å². The SMILES string of the molecule is O=C(Nc1ccc2c(c1)OCCO2)[C@@H]1C[C@H]1c1ccccc1. The first-order chi connectivity index (χ1) is 10.8. The largest absolute Gasteiger partial charge is 0.486 e. The van der Waals surface area contributed by atoms with Gasteiger partial charge in [0.25, 0.3) is 0 Å². The number of rotatable bonds is 3. The summed E-state index contributed by atoms with van der Waals surface area (Å²) < 4.78 is 11.0. The highest BCUT2D eigenvalue weighted by Crippen LogP contribution is 2.48. The van der Waals surface area contributed by atoms with Gasteiger partial charge in [-0.2, -0.15) is 0 Å². The van der Waals surface area contributed by atoms with E-state index in [1.807, 2.05) is 36.4 Å². The summed E-state index contributed by atoms with van der Waals surface area (Å²) in [5.41, 5.74) is 2.00. The summed E-state index contributed by atoms with van der Waals surface area (Å²) in [6, 6.07) is 15.7. The number of fused-ring (bicyclic) bond motifs is 1. The fourth-order valence-electron chi connectivity index (χ4n) is 2.91. The highest BCUT2D eigenvalue weighted by atomic mass is 16.6. The number of benzene rings is 2. The number of hydrogen-bond acceptors (Lipinski definition) is 3. The van der Waals surface area contributed by atoms with Crippen LogP contribution in [0.1, 0.15) is 17.9 Å². The topological polar surface area (TPSA) is 47.6 Å². The highest BCUT2D eigenvalue weighted by Gasteiger charge is 2.43. The van der Waals surface area contributed by atoms with Crippen molar-refractivity contribution in [3.63, 3.8) is 0 Å². The standard InChI is InChI=1S/C18H17NO3/c20-18(15-11-14(15)12-4-2-1-3-5-12)19-13-6-7-16-17(10-13)22-9-8-21-16/h1-7,10,14-15H,8-9,11H2,(H,19,20)/t14-,15+/m0/s1. The Balaban J connectivity index is 1.43. The fourth-order valence-corrected chi connectivity index (χ4v) is 2.91. The molecule has 1 heterocycles. The molecule has 1 amide bonds. The van der Waals surface area contributed by atoms with E-state index in [-0.39, 0.29) is 11.8 Å². The Hall–Kier alpha value is -2.49. The van der Waals surface area contributed by atoms with Crippen molar-refractivity contribution >= 4 is 11.6 Å². The van der Waals surface area contributed by atoms with Crippen LogP contribution in [0.4, 0.5) is 5.69 Å². The van der Waals surface area contributed by atoms with E-state index in [9.17, 15) is 4.79 Å². The van der Waals surface area contributed by atoms with E-state index in [1.165, 1.54) is 5.56 Å². The summed E-state index contributed by atoms with van der Waals surface area (Å²) in [6.45, 7) is 1.11. The first kappa shape index (κ1) is 13.2. The van der Waals surface area contributed by atoms with Gasteiger partial charge in [-0.05, 0) is 30.0 Å². The van der Waals surface area contributed by atoms with Gasteiger partial charge in [0.05, 0.1) is 0 Å². The molecule has 2 aromatic carbocycles. The van der Waals surface area contributed by atoms with Crippen molar-refractivity contribution < 1.29 is 14.3 Å². The molecule has 2 atom stereocenters. The number of nitrogens with one attached hydrogen (secondary N) is 1. The Morgan fingerprint density at radius 3 is 2.59 bits per heavy atom. The zero-order valence-electron chi connectivity index (χ0n) is 12.1. The minimum atomic E-state index is 0.0654. The second-order valence-electron chi connectivity index (χ2n) is 5.71. The average molecular weight is 295 g/mol. The maximum atomic E-state index is 12.3. The average Bonchev–Trinajstić information content (AvgIpc) is 3.36. The fraction of sp³-hybridized carbons (Fsp3) is 0.278. The van der Waals surface area contributed by atoms with Gasteiger partial charge in [0.15, 0.2) is 11.5 Å². The van der Waals surface area contributed by atoms with E-state index in [0.717, 1.165) is 17.9 Å². The summed E-state index contributed by atoms with van der Waals surface area (Å²) in [7, 11) is 0. The molecular weight excluding hydrogens is 278 g/mol. The van der Waals surface area contributed by atoms with Crippen LogP contribution in [0.5, 0.6) is 11.5 Å². The van der Waals surface area contributed by atoms with Crippen LogP contribution in [-0.4, -0.2) is 19.1 Å².